The van der Waals surface area contributed by atoms with Crippen LogP contribution in [-0.4, -0.2) is 12.3 Å². The summed E-state index contributed by atoms with van der Waals surface area (Å²) < 4.78 is 26.2. The lowest BCUT2D eigenvalue weighted by atomic mass is 9.95. The van der Waals surface area contributed by atoms with Gasteiger partial charge < -0.3 is 5.73 Å². The summed E-state index contributed by atoms with van der Waals surface area (Å²) in [6.45, 7) is 0.294. The van der Waals surface area contributed by atoms with Crippen molar-refractivity contribution in [2.45, 2.75) is 19.3 Å². The normalized spacial score (nSPS) is 17.2. The number of benzene rings is 1. The number of carbonyl (C=O) groups is 1. The zero-order valence-corrected chi connectivity index (χ0v) is 8.80. The minimum Gasteiger partial charge on any atom is -0.329 e. The van der Waals surface area contributed by atoms with E-state index >= 15 is 0 Å². The van der Waals surface area contributed by atoms with Crippen LogP contribution in [0.2, 0.25) is 0 Å². The molecule has 0 unspecified atom stereocenters. The fourth-order valence-corrected chi connectivity index (χ4v) is 1.79. The zero-order chi connectivity index (χ0) is 11.8. The number of carbonyl (C=O) groups excluding carboxylic acids is 1. The van der Waals surface area contributed by atoms with E-state index in [0.29, 0.717) is 6.54 Å². The number of Topliss-reactive ketones (excluding diaryl/α,β-unsaturated/α-hetero) is 1. The third-order valence-corrected chi connectivity index (χ3v) is 3.22. The molecule has 0 aromatic heterocycles. The molecule has 0 saturated heterocycles. The molecule has 1 aromatic carbocycles. The van der Waals surface area contributed by atoms with Crippen molar-refractivity contribution < 1.29 is 13.6 Å². The first-order valence-corrected chi connectivity index (χ1v) is 5.25. The van der Waals surface area contributed by atoms with Crippen molar-refractivity contribution in [3.63, 3.8) is 0 Å². The lowest BCUT2D eigenvalue weighted by Crippen LogP contribution is -2.27. The van der Waals surface area contributed by atoms with Gasteiger partial charge in [-0.15, -0.1) is 0 Å². The van der Waals surface area contributed by atoms with E-state index in [1.165, 1.54) is 12.1 Å². The van der Waals surface area contributed by atoms with Crippen molar-refractivity contribution in [1.82, 2.24) is 0 Å². The van der Waals surface area contributed by atoms with Gasteiger partial charge in [0.05, 0.1) is 0 Å². The molecule has 0 bridgehead atoms. The fourth-order valence-electron chi connectivity index (χ4n) is 1.79. The SMILES string of the molecule is NCC1(C(=O)Cc2cccc(F)c2F)CC1. The molecule has 1 aliphatic rings. The van der Waals surface area contributed by atoms with Gasteiger partial charge >= 0.3 is 0 Å². The standard InChI is InChI=1S/C12H13F2NO/c13-9-3-1-2-8(11(9)14)6-10(16)12(7-15)4-5-12/h1-3H,4-7,15H2. The molecule has 2 rings (SSSR count). The highest BCUT2D eigenvalue weighted by atomic mass is 19.2. The highest BCUT2D eigenvalue weighted by molar-refractivity contribution is 5.89. The van der Waals surface area contributed by atoms with E-state index in [1.54, 1.807) is 0 Å². The summed E-state index contributed by atoms with van der Waals surface area (Å²) in [5, 5.41) is 0. The summed E-state index contributed by atoms with van der Waals surface area (Å²) in [5.74, 6) is -1.92. The number of halogens is 2. The fraction of sp³-hybridized carbons (Fsp3) is 0.417. The van der Waals surface area contributed by atoms with Crippen LogP contribution in [0.1, 0.15) is 18.4 Å². The van der Waals surface area contributed by atoms with E-state index in [0.717, 1.165) is 18.9 Å². The largest absolute Gasteiger partial charge is 0.329 e. The molecule has 0 atom stereocenters. The van der Waals surface area contributed by atoms with Crippen molar-refractivity contribution in [3.05, 3.63) is 35.4 Å². The molecule has 2 N–H and O–H groups in total. The van der Waals surface area contributed by atoms with Crippen LogP contribution >= 0.6 is 0 Å². The van der Waals surface area contributed by atoms with Gasteiger partial charge in [0.2, 0.25) is 0 Å². The Kier molecular flexibility index (Phi) is 2.76. The van der Waals surface area contributed by atoms with Crippen molar-refractivity contribution in [1.29, 1.82) is 0 Å². The molecule has 0 aliphatic heterocycles. The summed E-state index contributed by atoms with van der Waals surface area (Å²) in [4.78, 5) is 11.8. The smallest absolute Gasteiger partial charge is 0.162 e. The first-order chi connectivity index (χ1) is 7.59. The van der Waals surface area contributed by atoms with Gasteiger partial charge in [0.15, 0.2) is 11.6 Å². The Hall–Kier alpha value is -1.29. The molecule has 4 heteroatoms. The molecule has 86 valence electrons. The Labute approximate surface area is 92.4 Å². The van der Waals surface area contributed by atoms with Gasteiger partial charge in [-0.3, -0.25) is 4.79 Å². The van der Waals surface area contributed by atoms with Gasteiger partial charge in [-0.2, -0.15) is 0 Å². The molecule has 1 saturated carbocycles. The molecule has 0 radical (unpaired) electrons. The van der Waals surface area contributed by atoms with E-state index in [4.69, 9.17) is 5.73 Å². The Morgan fingerprint density at radius 1 is 1.38 bits per heavy atom. The van der Waals surface area contributed by atoms with Crippen LogP contribution in [0.15, 0.2) is 18.2 Å². The molecule has 1 aliphatic carbocycles. The van der Waals surface area contributed by atoms with Crippen LogP contribution in [0.3, 0.4) is 0 Å². The minimum atomic E-state index is -0.927. The number of nitrogens with two attached hydrogens (primary N) is 1. The first kappa shape index (κ1) is 11.2. The third-order valence-electron chi connectivity index (χ3n) is 3.22. The first-order valence-electron chi connectivity index (χ1n) is 5.25. The summed E-state index contributed by atoms with van der Waals surface area (Å²) >= 11 is 0. The van der Waals surface area contributed by atoms with Gasteiger partial charge in [-0.05, 0) is 24.5 Å². The average molecular weight is 225 g/mol. The van der Waals surface area contributed by atoms with E-state index in [-0.39, 0.29) is 17.8 Å². The van der Waals surface area contributed by atoms with E-state index in [9.17, 15) is 13.6 Å². The van der Waals surface area contributed by atoms with Crippen molar-refractivity contribution in [3.8, 4) is 0 Å². The molecule has 2 nitrogen and oxygen atoms in total. The maximum Gasteiger partial charge on any atom is 0.162 e. The Morgan fingerprint density at radius 3 is 2.62 bits per heavy atom. The number of ketones is 1. The Morgan fingerprint density at radius 2 is 2.06 bits per heavy atom. The minimum absolute atomic E-state index is 0.0687. The Balaban J connectivity index is 2.15. The quantitative estimate of drug-likeness (QED) is 0.849. The molecule has 16 heavy (non-hydrogen) atoms. The topological polar surface area (TPSA) is 43.1 Å². The molecule has 1 aromatic rings. The van der Waals surface area contributed by atoms with Crippen LogP contribution in [0.25, 0.3) is 0 Å². The second kappa shape index (κ2) is 3.94. The number of hydrogen-bond donors (Lipinski definition) is 1. The predicted octanol–water partition coefficient (Wildman–Crippen LogP) is 1.82. The second-order valence-corrected chi connectivity index (χ2v) is 4.30. The lowest BCUT2D eigenvalue weighted by Gasteiger charge is -2.11. The number of rotatable bonds is 4. The van der Waals surface area contributed by atoms with Crippen LogP contribution in [0.5, 0.6) is 0 Å². The van der Waals surface area contributed by atoms with Crippen LogP contribution < -0.4 is 5.73 Å². The maximum atomic E-state index is 13.3. The summed E-state index contributed by atoms with van der Waals surface area (Å²) in [7, 11) is 0. The van der Waals surface area contributed by atoms with Gasteiger partial charge in [-0.25, -0.2) is 8.78 Å². The van der Waals surface area contributed by atoms with Gasteiger partial charge in [0.25, 0.3) is 0 Å². The van der Waals surface area contributed by atoms with Crippen LogP contribution in [0, 0.1) is 17.0 Å². The summed E-state index contributed by atoms with van der Waals surface area (Å²) in [5.41, 5.74) is 5.16. The van der Waals surface area contributed by atoms with Crippen molar-refractivity contribution >= 4 is 5.78 Å². The van der Waals surface area contributed by atoms with Crippen LogP contribution in [0.4, 0.5) is 8.78 Å². The van der Waals surface area contributed by atoms with E-state index < -0.39 is 17.0 Å². The molecular formula is C12H13F2NO. The van der Waals surface area contributed by atoms with Crippen LogP contribution in [-0.2, 0) is 11.2 Å². The summed E-state index contributed by atoms with van der Waals surface area (Å²) in [6.07, 6.45) is 1.46. The summed E-state index contributed by atoms with van der Waals surface area (Å²) in [6, 6.07) is 3.88. The van der Waals surface area contributed by atoms with Gasteiger partial charge in [0, 0.05) is 18.4 Å². The molecule has 1 fully saturated rings. The van der Waals surface area contributed by atoms with E-state index in [1.807, 2.05) is 0 Å². The van der Waals surface area contributed by atoms with Crippen molar-refractivity contribution in [2.75, 3.05) is 6.54 Å². The molecular weight excluding hydrogens is 212 g/mol. The predicted molar refractivity (Wildman–Crippen MR) is 55.8 cm³/mol. The highest BCUT2D eigenvalue weighted by Crippen LogP contribution is 2.46. The van der Waals surface area contributed by atoms with Crippen molar-refractivity contribution in [2.24, 2.45) is 11.1 Å². The Bertz CT molecular complexity index is 427. The molecule has 0 heterocycles. The molecule has 0 amide bonds. The van der Waals surface area contributed by atoms with Gasteiger partial charge in [0.1, 0.15) is 5.78 Å². The third kappa shape index (κ3) is 1.85. The monoisotopic (exact) mass is 225 g/mol. The maximum absolute atomic E-state index is 13.3. The average Bonchev–Trinajstić information content (AvgIpc) is 3.05. The van der Waals surface area contributed by atoms with E-state index in [2.05, 4.69) is 0 Å². The lowest BCUT2D eigenvalue weighted by molar-refractivity contribution is -0.123. The number of hydrogen-bond acceptors (Lipinski definition) is 2. The molecule has 0 spiro atoms. The second-order valence-electron chi connectivity index (χ2n) is 4.30. The highest BCUT2D eigenvalue weighted by Gasteiger charge is 2.47. The zero-order valence-electron chi connectivity index (χ0n) is 8.80. The van der Waals surface area contributed by atoms with Gasteiger partial charge in [-0.1, -0.05) is 12.1 Å².